The molecule has 2 aliphatic carbocycles. The zero-order chi connectivity index (χ0) is 13.7. The summed E-state index contributed by atoms with van der Waals surface area (Å²) in [5.74, 6) is 0.186. The monoisotopic (exact) mass is 267 g/mol. The molecule has 1 unspecified atom stereocenters. The summed E-state index contributed by atoms with van der Waals surface area (Å²) in [7, 11) is 0. The number of carbonyl (C=O) groups is 1. The highest BCUT2D eigenvalue weighted by Gasteiger charge is 2.30. The summed E-state index contributed by atoms with van der Waals surface area (Å²) < 4.78 is 0. The lowest BCUT2D eigenvalue weighted by molar-refractivity contribution is -0.142. The van der Waals surface area contributed by atoms with E-state index in [1.807, 2.05) is 0 Å². The number of carboxylic acid groups (broad SMARTS) is 1. The first-order valence-electron chi connectivity index (χ1n) is 8.19. The zero-order valence-corrected chi connectivity index (χ0v) is 12.2. The van der Waals surface area contributed by atoms with E-state index in [1.165, 1.54) is 38.5 Å². The molecule has 0 aromatic carbocycles. The van der Waals surface area contributed by atoms with Crippen LogP contribution in [0.5, 0.6) is 0 Å². The lowest BCUT2D eigenvalue weighted by atomic mass is 9.84. The molecule has 0 aliphatic heterocycles. The molecular formula is C16H29NO2. The molecule has 110 valence electrons. The van der Waals surface area contributed by atoms with E-state index in [1.54, 1.807) is 0 Å². The molecule has 2 N–H and O–H groups in total. The van der Waals surface area contributed by atoms with Crippen molar-refractivity contribution < 1.29 is 9.90 Å². The predicted molar refractivity (Wildman–Crippen MR) is 77.2 cm³/mol. The van der Waals surface area contributed by atoms with Gasteiger partial charge < -0.3 is 10.4 Å². The summed E-state index contributed by atoms with van der Waals surface area (Å²) in [5.41, 5.74) is 0. The summed E-state index contributed by atoms with van der Waals surface area (Å²) in [6.45, 7) is 2.27. The SMILES string of the molecule is CCCC(NC1CCC(C(=O)O)CC1)C1CCCC1. The van der Waals surface area contributed by atoms with E-state index in [9.17, 15) is 4.79 Å². The van der Waals surface area contributed by atoms with E-state index in [4.69, 9.17) is 5.11 Å². The van der Waals surface area contributed by atoms with Gasteiger partial charge >= 0.3 is 5.97 Å². The molecule has 0 bridgehead atoms. The minimum absolute atomic E-state index is 0.0887. The largest absolute Gasteiger partial charge is 0.481 e. The number of hydrogen-bond donors (Lipinski definition) is 2. The smallest absolute Gasteiger partial charge is 0.306 e. The maximum atomic E-state index is 11.0. The fourth-order valence-electron chi connectivity index (χ4n) is 3.94. The predicted octanol–water partition coefficient (Wildman–Crippen LogP) is 3.58. The zero-order valence-electron chi connectivity index (χ0n) is 12.2. The Morgan fingerprint density at radius 2 is 1.79 bits per heavy atom. The normalized spacial score (nSPS) is 30.4. The first-order chi connectivity index (χ1) is 9.20. The quantitative estimate of drug-likeness (QED) is 0.773. The third-order valence-corrected chi connectivity index (χ3v) is 5.09. The second kappa shape index (κ2) is 7.28. The van der Waals surface area contributed by atoms with Crippen LogP contribution in [0.2, 0.25) is 0 Å². The van der Waals surface area contributed by atoms with Gasteiger partial charge in [-0.1, -0.05) is 26.2 Å². The number of aliphatic carboxylic acids is 1. The van der Waals surface area contributed by atoms with Gasteiger partial charge in [0.15, 0.2) is 0 Å². The molecule has 0 radical (unpaired) electrons. The number of nitrogens with one attached hydrogen (secondary N) is 1. The molecule has 0 heterocycles. The summed E-state index contributed by atoms with van der Waals surface area (Å²) in [6, 6.07) is 1.24. The Balaban J connectivity index is 1.79. The molecular weight excluding hydrogens is 238 g/mol. The van der Waals surface area contributed by atoms with Gasteiger partial charge in [0.1, 0.15) is 0 Å². The van der Waals surface area contributed by atoms with Gasteiger partial charge in [-0.3, -0.25) is 4.79 Å². The van der Waals surface area contributed by atoms with E-state index in [0.717, 1.165) is 31.6 Å². The average molecular weight is 267 g/mol. The molecule has 0 aromatic rings. The molecule has 3 heteroatoms. The van der Waals surface area contributed by atoms with Gasteiger partial charge in [-0.15, -0.1) is 0 Å². The molecule has 0 spiro atoms. The maximum Gasteiger partial charge on any atom is 0.306 e. The van der Waals surface area contributed by atoms with Crippen molar-refractivity contribution >= 4 is 5.97 Å². The van der Waals surface area contributed by atoms with Gasteiger partial charge in [-0.25, -0.2) is 0 Å². The fourth-order valence-corrected chi connectivity index (χ4v) is 3.94. The molecule has 2 saturated carbocycles. The van der Waals surface area contributed by atoms with Gasteiger partial charge in [0.2, 0.25) is 0 Å². The topological polar surface area (TPSA) is 49.3 Å². The molecule has 3 nitrogen and oxygen atoms in total. The van der Waals surface area contributed by atoms with Gasteiger partial charge in [0.05, 0.1) is 5.92 Å². The number of rotatable bonds is 6. The van der Waals surface area contributed by atoms with Crippen molar-refractivity contribution in [2.45, 2.75) is 83.2 Å². The Labute approximate surface area is 117 Å². The number of hydrogen-bond acceptors (Lipinski definition) is 2. The highest BCUT2D eigenvalue weighted by Crippen LogP contribution is 2.31. The second-order valence-corrected chi connectivity index (χ2v) is 6.49. The van der Waals surface area contributed by atoms with Crippen LogP contribution in [0, 0.1) is 11.8 Å². The minimum atomic E-state index is -0.598. The minimum Gasteiger partial charge on any atom is -0.481 e. The fraction of sp³-hybridized carbons (Fsp3) is 0.938. The molecule has 1 atom stereocenters. The summed E-state index contributed by atoms with van der Waals surface area (Å²) >= 11 is 0. The second-order valence-electron chi connectivity index (χ2n) is 6.49. The van der Waals surface area contributed by atoms with Gasteiger partial charge in [0.25, 0.3) is 0 Å². The van der Waals surface area contributed by atoms with Gasteiger partial charge in [-0.05, 0) is 50.9 Å². The van der Waals surface area contributed by atoms with Crippen molar-refractivity contribution in [1.29, 1.82) is 0 Å². The summed E-state index contributed by atoms with van der Waals surface area (Å²) in [4.78, 5) is 11.0. The van der Waals surface area contributed by atoms with E-state index in [-0.39, 0.29) is 5.92 Å². The Bertz CT molecular complexity index is 278. The average Bonchev–Trinajstić information content (AvgIpc) is 2.92. The van der Waals surface area contributed by atoms with E-state index < -0.39 is 5.97 Å². The van der Waals surface area contributed by atoms with Crippen molar-refractivity contribution in [3.63, 3.8) is 0 Å². The van der Waals surface area contributed by atoms with Crippen molar-refractivity contribution in [2.75, 3.05) is 0 Å². The third kappa shape index (κ3) is 4.20. The van der Waals surface area contributed by atoms with Crippen LogP contribution in [-0.4, -0.2) is 23.2 Å². The highest BCUT2D eigenvalue weighted by molar-refractivity contribution is 5.70. The molecule has 0 aromatic heterocycles. The first-order valence-corrected chi connectivity index (χ1v) is 8.19. The maximum absolute atomic E-state index is 11.0. The number of carboxylic acids is 1. The van der Waals surface area contributed by atoms with Crippen molar-refractivity contribution in [2.24, 2.45) is 11.8 Å². The molecule has 2 aliphatic rings. The van der Waals surface area contributed by atoms with Gasteiger partial charge in [-0.2, -0.15) is 0 Å². The van der Waals surface area contributed by atoms with Crippen molar-refractivity contribution in [3.8, 4) is 0 Å². The summed E-state index contributed by atoms with van der Waals surface area (Å²) in [6.07, 6.45) is 11.9. The van der Waals surface area contributed by atoms with Crippen molar-refractivity contribution in [3.05, 3.63) is 0 Å². The van der Waals surface area contributed by atoms with Crippen molar-refractivity contribution in [1.82, 2.24) is 5.32 Å². The van der Waals surface area contributed by atoms with Gasteiger partial charge in [0, 0.05) is 12.1 Å². The summed E-state index contributed by atoms with van der Waals surface area (Å²) in [5, 5.41) is 12.9. The first kappa shape index (κ1) is 14.8. The molecule has 19 heavy (non-hydrogen) atoms. The Kier molecular flexibility index (Phi) is 5.68. The highest BCUT2D eigenvalue weighted by atomic mass is 16.4. The molecule has 2 rings (SSSR count). The van der Waals surface area contributed by atoms with Crippen LogP contribution in [0.15, 0.2) is 0 Å². The standard InChI is InChI=1S/C16H29NO2/c1-2-5-15(12-6-3-4-7-12)17-14-10-8-13(9-11-14)16(18)19/h12-15,17H,2-11H2,1H3,(H,18,19). The lowest BCUT2D eigenvalue weighted by Gasteiger charge is -2.33. The Morgan fingerprint density at radius 1 is 1.16 bits per heavy atom. The lowest BCUT2D eigenvalue weighted by Crippen LogP contribution is -2.44. The van der Waals surface area contributed by atoms with E-state index >= 15 is 0 Å². The van der Waals surface area contributed by atoms with Crippen LogP contribution < -0.4 is 5.32 Å². The van der Waals surface area contributed by atoms with Crippen LogP contribution in [0.3, 0.4) is 0 Å². The molecule has 0 amide bonds. The third-order valence-electron chi connectivity index (χ3n) is 5.09. The van der Waals surface area contributed by atoms with E-state index in [0.29, 0.717) is 12.1 Å². The Morgan fingerprint density at radius 3 is 2.32 bits per heavy atom. The molecule has 0 saturated heterocycles. The van der Waals surface area contributed by atoms with Crippen LogP contribution >= 0.6 is 0 Å². The van der Waals surface area contributed by atoms with Crippen LogP contribution in [0.1, 0.15) is 71.1 Å². The van der Waals surface area contributed by atoms with Crippen LogP contribution in [0.25, 0.3) is 0 Å². The molecule has 2 fully saturated rings. The van der Waals surface area contributed by atoms with Crippen LogP contribution in [0.4, 0.5) is 0 Å². The van der Waals surface area contributed by atoms with Crippen LogP contribution in [-0.2, 0) is 4.79 Å². The Hall–Kier alpha value is -0.570. The van der Waals surface area contributed by atoms with E-state index in [2.05, 4.69) is 12.2 Å².